The third kappa shape index (κ3) is 4.26. The lowest BCUT2D eigenvalue weighted by Gasteiger charge is -2.05. The van der Waals surface area contributed by atoms with Gasteiger partial charge in [0.1, 0.15) is 6.61 Å². The van der Waals surface area contributed by atoms with Crippen molar-refractivity contribution < 1.29 is 23.4 Å². The Morgan fingerprint density at radius 2 is 1.96 bits per heavy atom. The first kappa shape index (κ1) is 18.3. The molecule has 1 amide bonds. The Bertz CT molecular complexity index is 974. The van der Waals surface area contributed by atoms with Crippen LogP contribution >= 0.6 is 11.8 Å². The average Bonchev–Trinajstić information content (AvgIpc) is 3.36. The van der Waals surface area contributed by atoms with Crippen molar-refractivity contribution >= 4 is 23.4 Å². The number of nitrogens with zero attached hydrogens (tertiary/aromatic N) is 2. The number of thioether (sulfide) groups is 1. The van der Waals surface area contributed by atoms with Crippen LogP contribution in [0.3, 0.4) is 0 Å². The van der Waals surface area contributed by atoms with Crippen LogP contribution < -0.4 is 14.8 Å². The summed E-state index contributed by atoms with van der Waals surface area (Å²) in [7, 11) is 1.48. The van der Waals surface area contributed by atoms with E-state index in [4.69, 9.17) is 18.6 Å². The molecule has 1 aliphatic rings. The van der Waals surface area contributed by atoms with Crippen molar-refractivity contribution in [3.8, 4) is 23.0 Å². The Hall–Kier alpha value is -3.04. The smallest absolute Gasteiger partial charge is 0.250 e. The molecule has 2 heterocycles. The number of fused-ring (bicyclic) bond motifs is 1. The number of carbonyl (C=O) groups excluding carboxylic acids is 1. The lowest BCUT2D eigenvalue weighted by atomic mass is 10.2. The van der Waals surface area contributed by atoms with E-state index in [-0.39, 0.29) is 19.3 Å². The number of rotatable bonds is 7. The first-order valence-electron chi connectivity index (χ1n) is 8.45. The lowest BCUT2D eigenvalue weighted by Crippen LogP contribution is -2.16. The van der Waals surface area contributed by atoms with E-state index in [1.54, 1.807) is 11.8 Å². The van der Waals surface area contributed by atoms with Gasteiger partial charge in [-0.2, -0.15) is 0 Å². The molecule has 1 aliphatic heterocycles. The van der Waals surface area contributed by atoms with Gasteiger partial charge in [-0.3, -0.25) is 4.79 Å². The fourth-order valence-corrected chi connectivity index (χ4v) is 3.30. The second-order valence-corrected chi connectivity index (χ2v) is 6.91. The van der Waals surface area contributed by atoms with Gasteiger partial charge in [0.15, 0.2) is 11.5 Å². The number of hydrogen-bond acceptors (Lipinski definition) is 8. The zero-order chi connectivity index (χ0) is 19.3. The van der Waals surface area contributed by atoms with Crippen LogP contribution in [0.5, 0.6) is 11.5 Å². The van der Waals surface area contributed by atoms with Crippen molar-refractivity contribution in [1.29, 1.82) is 0 Å². The Balaban J connectivity index is 1.35. The molecule has 0 saturated heterocycles. The maximum absolute atomic E-state index is 11.5. The molecule has 2 aromatic carbocycles. The van der Waals surface area contributed by atoms with E-state index in [0.29, 0.717) is 34.7 Å². The Labute approximate surface area is 165 Å². The molecule has 8 nitrogen and oxygen atoms in total. The largest absolute Gasteiger partial charge is 0.454 e. The zero-order valence-electron chi connectivity index (χ0n) is 15.0. The molecular weight excluding hydrogens is 382 g/mol. The normalized spacial score (nSPS) is 12.2. The Morgan fingerprint density at radius 3 is 2.79 bits per heavy atom. The molecule has 4 rings (SSSR count). The molecule has 0 aliphatic carbocycles. The maximum Gasteiger partial charge on any atom is 0.250 e. The summed E-state index contributed by atoms with van der Waals surface area (Å²) in [5.74, 6) is 2.68. The van der Waals surface area contributed by atoms with Crippen LogP contribution in [0.4, 0.5) is 5.69 Å². The number of amides is 1. The molecule has 3 aromatic rings. The molecule has 0 saturated carbocycles. The summed E-state index contributed by atoms with van der Waals surface area (Å²) in [6.45, 7) is 0.249. The quantitative estimate of drug-likeness (QED) is 0.605. The number of aromatic nitrogens is 2. The van der Waals surface area contributed by atoms with E-state index >= 15 is 0 Å². The Morgan fingerprint density at radius 1 is 1.14 bits per heavy atom. The molecule has 0 bridgehead atoms. The number of nitrogens with one attached hydrogen (secondary N) is 1. The third-order valence-corrected chi connectivity index (χ3v) is 4.86. The van der Waals surface area contributed by atoms with Crippen molar-refractivity contribution in [2.45, 2.75) is 10.6 Å². The Kier molecular flexibility index (Phi) is 5.45. The van der Waals surface area contributed by atoms with Crippen LogP contribution in [0.25, 0.3) is 11.5 Å². The monoisotopic (exact) mass is 399 g/mol. The molecule has 28 heavy (non-hydrogen) atoms. The number of benzene rings is 2. The van der Waals surface area contributed by atoms with E-state index in [2.05, 4.69) is 15.5 Å². The van der Waals surface area contributed by atoms with Crippen molar-refractivity contribution in [3.05, 3.63) is 48.4 Å². The third-order valence-electron chi connectivity index (χ3n) is 3.86. The van der Waals surface area contributed by atoms with Gasteiger partial charge in [0.2, 0.25) is 24.5 Å². The van der Waals surface area contributed by atoms with Crippen molar-refractivity contribution in [2.75, 3.05) is 25.8 Å². The highest BCUT2D eigenvalue weighted by molar-refractivity contribution is 7.98. The summed E-state index contributed by atoms with van der Waals surface area (Å²) < 4.78 is 21.2. The molecular formula is C19H17N3O5S. The van der Waals surface area contributed by atoms with E-state index in [1.807, 2.05) is 42.5 Å². The number of anilines is 1. The summed E-state index contributed by atoms with van der Waals surface area (Å²) in [5.41, 5.74) is 1.50. The fraction of sp³-hybridized carbons (Fsp3) is 0.211. The molecule has 1 N–H and O–H groups in total. The van der Waals surface area contributed by atoms with E-state index in [0.717, 1.165) is 10.5 Å². The molecule has 0 unspecified atom stereocenters. The van der Waals surface area contributed by atoms with Gasteiger partial charge < -0.3 is 23.9 Å². The summed E-state index contributed by atoms with van der Waals surface area (Å²) >= 11 is 1.56. The molecule has 0 fully saturated rings. The number of methoxy groups -OCH3 is 1. The minimum Gasteiger partial charge on any atom is -0.454 e. The molecule has 1 aromatic heterocycles. The number of carbonyl (C=O) groups is 1. The van der Waals surface area contributed by atoms with Gasteiger partial charge in [0, 0.05) is 23.3 Å². The highest BCUT2D eigenvalue weighted by Gasteiger charge is 2.16. The molecule has 144 valence electrons. The maximum atomic E-state index is 11.5. The molecule has 0 spiro atoms. The first-order chi connectivity index (χ1) is 13.7. The standard InChI is InChI=1S/C19H17N3O5S/c1-24-9-17(23)20-13-3-5-14(6-4-13)28-10-18-21-22-19(27-18)12-2-7-15-16(8-12)26-11-25-15/h2-8H,9-11H2,1H3,(H,20,23). The van der Waals surface area contributed by atoms with Crippen LogP contribution in [0.2, 0.25) is 0 Å². The van der Waals surface area contributed by atoms with Crippen molar-refractivity contribution in [2.24, 2.45) is 0 Å². The zero-order valence-corrected chi connectivity index (χ0v) is 15.8. The van der Waals surface area contributed by atoms with Crippen LogP contribution in [0, 0.1) is 0 Å². The van der Waals surface area contributed by atoms with Crippen molar-refractivity contribution in [1.82, 2.24) is 10.2 Å². The summed E-state index contributed by atoms with van der Waals surface area (Å²) in [6, 6.07) is 13.0. The molecule has 9 heteroatoms. The van der Waals surface area contributed by atoms with E-state index < -0.39 is 0 Å². The van der Waals surface area contributed by atoms with E-state index in [9.17, 15) is 4.79 Å². The van der Waals surface area contributed by atoms with Gasteiger partial charge in [-0.25, -0.2) is 0 Å². The fourth-order valence-electron chi connectivity index (χ4n) is 2.57. The molecule has 0 radical (unpaired) electrons. The van der Waals surface area contributed by atoms with Crippen molar-refractivity contribution in [3.63, 3.8) is 0 Å². The minimum absolute atomic E-state index is 0.0271. The first-order valence-corrected chi connectivity index (χ1v) is 9.44. The molecule has 0 atom stereocenters. The van der Waals surface area contributed by atoms with Gasteiger partial charge in [0.25, 0.3) is 0 Å². The van der Waals surface area contributed by atoms with Crippen LogP contribution in [0.15, 0.2) is 51.8 Å². The lowest BCUT2D eigenvalue weighted by molar-refractivity contribution is -0.119. The average molecular weight is 399 g/mol. The van der Waals surface area contributed by atoms with Crippen LogP contribution in [-0.4, -0.2) is 36.6 Å². The van der Waals surface area contributed by atoms with E-state index in [1.165, 1.54) is 7.11 Å². The van der Waals surface area contributed by atoms with Gasteiger partial charge in [-0.05, 0) is 42.5 Å². The summed E-state index contributed by atoms with van der Waals surface area (Å²) in [5, 5.41) is 11.0. The van der Waals surface area contributed by atoms with Gasteiger partial charge >= 0.3 is 0 Å². The van der Waals surface area contributed by atoms with Gasteiger partial charge in [-0.15, -0.1) is 22.0 Å². The van der Waals surface area contributed by atoms with Gasteiger partial charge in [-0.1, -0.05) is 0 Å². The van der Waals surface area contributed by atoms with Crippen LogP contribution in [0.1, 0.15) is 5.89 Å². The SMILES string of the molecule is COCC(=O)Nc1ccc(SCc2nnc(-c3ccc4c(c3)OCO4)o2)cc1. The van der Waals surface area contributed by atoms with Crippen LogP contribution in [-0.2, 0) is 15.3 Å². The second-order valence-electron chi connectivity index (χ2n) is 5.86. The highest BCUT2D eigenvalue weighted by Crippen LogP contribution is 2.35. The second kappa shape index (κ2) is 8.32. The number of hydrogen-bond donors (Lipinski definition) is 1. The topological polar surface area (TPSA) is 95.7 Å². The van der Waals surface area contributed by atoms with Gasteiger partial charge in [0.05, 0.1) is 5.75 Å². The minimum atomic E-state index is -0.190. The predicted octanol–water partition coefficient (Wildman–Crippen LogP) is 3.34. The highest BCUT2D eigenvalue weighted by atomic mass is 32.2. The summed E-state index contributed by atoms with van der Waals surface area (Å²) in [6.07, 6.45) is 0. The number of ether oxygens (including phenoxy) is 3. The predicted molar refractivity (Wildman–Crippen MR) is 102 cm³/mol. The summed E-state index contributed by atoms with van der Waals surface area (Å²) in [4.78, 5) is 12.5.